The number of hydrogen-bond donors (Lipinski definition) is 2. The van der Waals surface area contributed by atoms with Crippen LogP contribution in [0.5, 0.6) is 5.75 Å². The second-order valence-corrected chi connectivity index (χ2v) is 6.48. The summed E-state index contributed by atoms with van der Waals surface area (Å²) in [5.74, 6) is 0.228. The normalized spacial score (nSPS) is 18.9. The first-order chi connectivity index (χ1) is 13.0. The van der Waals surface area contributed by atoms with E-state index in [1.54, 1.807) is 24.1 Å². The van der Waals surface area contributed by atoms with Crippen molar-refractivity contribution in [2.75, 3.05) is 13.7 Å². The summed E-state index contributed by atoms with van der Waals surface area (Å²) >= 11 is 0. The van der Waals surface area contributed by atoms with Crippen molar-refractivity contribution in [1.29, 1.82) is 0 Å². The SMILES string of the molecule is COc1ccc(CN2CC3=C(C2=O)[C@@H](c2ccc(F)cc2)NC(=O)N3)cc1. The summed E-state index contributed by atoms with van der Waals surface area (Å²) in [6, 6.07) is 12.3. The van der Waals surface area contributed by atoms with Crippen LogP contribution in [-0.2, 0) is 11.3 Å². The van der Waals surface area contributed by atoms with E-state index in [1.807, 2.05) is 24.3 Å². The number of carbonyl (C=O) groups is 2. The molecule has 138 valence electrons. The maximum atomic E-state index is 13.2. The highest BCUT2D eigenvalue weighted by molar-refractivity contribution is 6.01. The van der Waals surface area contributed by atoms with Crippen LogP contribution in [0.2, 0.25) is 0 Å². The first kappa shape index (κ1) is 17.1. The van der Waals surface area contributed by atoms with Gasteiger partial charge >= 0.3 is 6.03 Å². The number of benzene rings is 2. The maximum absolute atomic E-state index is 13.2. The van der Waals surface area contributed by atoms with Gasteiger partial charge in [0.15, 0.2) is 0 Å². The fourth-order valence-electron chi connectivity index (χ4n) is 3.41. The minimum atomic E-state index is -0.595. The summed E-state index contributed by atoms with van der Waals surface area (Å²) in [7, 11) is 1.60. The van der Waals surface area contributed by atoms with Gasteiger partial charge in [-0.15, -0.1) is 0 Å². The van der Waals surface area contributed by atoms with Crippen LogP contribution in [-0.4, -0.2) is 30.5 Å². The maximum Gasteiger partial charge on any atom is 0.319 e. The molecule has 0 radical (unpaired) electrons. The van der Waals surface area contributed by atoms with Gasteiger partial charge in [-0.2, -0.15) is 0 Å². The fourth-order valence-corrected chi connectivity index (χ4v) is 3.41. The van der Waals surface area contributed by atoms with E-state index in [1.165, 1.54) is 12.1 Å². The number of rotatable bonds is 4. The van der Waals surface area contributed by atoms with Crippen molar-refractivity contribution in [1.82, 2.24) is 15.5 Å². The molecule has 1 atom stereocenters. The number of methoxy groups -OCH3 is 1. The zero-order valence-electron chi connectivity index (χ0n) is 14.7. The summed E-state index contributed by atoms with van der Waals surface area (Å²) in [5, 5.41) is 5.49. The molecule has 0 unspecified atom stereocenters. The topological polar surface area (TPSA) is 70.7 Å². The molecule has 2 aromatic carbocycles. The molecule has 0 saturated carbocycles. The van der Waals surface area contributed by atoms with Gasteiger partial charge in [0, 0.05) is 6.54 Å². The number of urea groups is 1. The smallest absolute Gasteiger partial charge is 0.319 e. The molecule has 0 aliphatic carbocycles. The number of carbonyl (C=O) groups excluding carboxylic acids is 2. The molecule has 0 saturated heterocycles. The van der Waals surface area contributed by atoms with Crippen molar-refractivity contribution in [3.63, 3.8) is 0 Å². The molecule has 0 bridgehead atoms. The summed E-state index contributed by atoms with van der Waals surface area (Å²) in [5.41, 5.74) is 2.71. The van der Waals surface area contributed by atoms with Crippen LogP contribution in [0, 0.1) is 5.82 Å². The Bertz CT molecular complexity index is 922. The average molecular weight is 367 g/mol. The molecule has 2 aliphatic heterocycles. The quantitative estimate of drug-likeness (QED) is 0.872. The molecule has 7 heteroatoms. The molecule has 0 fully saturated rings. The van der Waals surface area contributed by atoms with Crippen molar-refractivity contribution >= 4 is 11.9 Å². The van der Waals surface area contributed by atoms with Crippen LogP contribution in [0.25, 0.3) is 0 Å². The Morgan fingerprint density at radius 2 is 1.81 bits per heavy atom. The summed E-state index contributed by atoms with van der Waals surface area (Å²) in [4.78, 5) is 26.7. The Kier molecular flexibility index (Phi) is 4.27. The Hall–Kier alpha value is -3.35. The number of halogens is 1. The zero-order valence-corrected chi connectivity index (χ0v) is 14.7. The molecule has 27 heavy (non-hydrogen) atoms. The molecule has 0 aromatic heterocycles. The number of hydrogen-bond acceptors (Lipinski definition) is 3. The van der Waals surface area contributed by atoms with Crippen LogP contribution in [0.3, 0.4) is 0 Å². The van der Waals surface area contributed by atoms with E-state index >= 15 is 0 Å². The van der Waals surface area contributed by atoms with E-state index in [2.05, 4.69) is 10.6 Å². The third-order valence-corrected chi connectivity index (χ3v) is 4.76. The van der Waals surface area contributed by atoms with E-state index in [9.17, 15) is 14.0 Å². The molecular weight excluding hydrogens is 349 g/mol. The van der Waals surface area contributed by atoms with E-state index < -0.39 is 6.04 Å². The summed E-state index contributed by atoms with van der Waals surface area (Å²) in [6.07, 6.45) is 0. The standard InChI is InChI=1S/C20H18FN3O3/c1-27-15-8-2-12(3-9-15)10-24-11-16-17(19(24)25)18(23-20(26)22-16)13-4-6-14(21)7-5-13/h2-9,18H,10-11H2,1H3,(H2,22,23,26)/t18-/m1/s1. The Morgan fingerprint density at radius 1 is 1.11 bits per heavy atom. The third kappa shape index (κ3) is 3.23. The molecule has 0 spiro atoms. The number of amides is 3. The predicted octanol–water partition coefficient (Wildman–Crippen LogP) is 2.48. The van der Waals surface area contributed by atoms with Crippen molar-refractivity contribution in [3.8, 4) is 5.75 Å². The van der Waals surface area contributed by atoms with Crippen LogP contribution >= 0.6 is 0 Å². The third-order valence-electron chi connectivity index (χ3n) is 4.76. The first-order valence-electron chi connectivity index (χ1n) is 8.53. The molecular formula is C20H18FN3O3. The van der Waals surface area contributed by atoms with Gasteiger partial charge in [-0.1, -0.05) is 24.3 Å². The fraction of sp³-hybridized carbons (Fsp3) is 0.200. The van der Waals surface area contributed by atoms with E-state index in [-0.39, 0.29) is 17.8 Å². The lowest BCUT2D eigenvalue weighted by molar-refractivity contribution is -0.126. The minimum Gasteiger partial charge on any atom is -0.497 e. The molecule has 4 rings (SSSR count). The van der Waals surface area contributed by atoms with Gasteiger partial charge < -0.3 is 20.3 Å². The van der Waals surface area contributed by atoms with Crippen LogP contribution < -0.4 is 15.4 Å². The molecule has 2 aromatic rings. The lowest BCUT2D eigenvalue weighted by atomic mass is 9.96. The predicted molar refractivity (Wildman–Crippen MR) is 96.2 cm³/mol. The van der Waals surface area contributed by atoms with E-state index in [0.29, 0.717) is 29.9 Å². The molecule has 2 N–H and O–H groups in total. The zero-order chi connectivity index (χ0) is 19.0. The van der Waals surface area contributed by atoms with Crippen molar-refractivity contribution in [2.24, 2.45) is 0 Å². The monoisotopic (exact) mass is 367 g/mol. The highest BCUT2D eigenvalue weighted by Crippen LogP contribution is 2.33. The largest absolute Gasteiger partial charge is 0.497 e. The summed E-state index contributed by atoms with van der Waals surface area (Å²) < 4.78 is 18.4. The van der Waals surface area contributed by atoms with Crippen LogP contribution in [0.4, 0.5) is 9.18 Å². The highest BCUT2D eigenvalue weighted by Gasteiger charge is 2.40. The second kappa shape index (κ2) is 6.75. The van der Waals surface area contributed by atoms with Crippen molar-refractivity contribution in [3.05, 3.63) is 76.7 Å². The molecule has 2 heterocycles. The molecule has 2 aliphatic rings. The molecule has 3 amide bonds. The van der Waals surface area contributed by atoms with Crippen molar-refractivity contribution < 1.29 is 18.7 Å². The van der Waals surface area contributed by atoms with E-state index in [0.717, 1.165) is 11.3 Å². The second-order valence-electron chi connectivity index (χ2n) is 6.48. The lowest BCUT2D eigenvalue weighted by Crippen LogP contribution is -2.44. The van der Waals surface area contributed by atoms with Crippen LogP contribution in [0.15, 0.2) is 59.8 Å². The first-order valence-corrected chi connectivity index (χ1v) is 8.53. The minimum absolute atomic E-state index is 0.150. The Labute approximate surface area is 155 Å². The number of nitrogens with zero attached hydrogens (tertiary/aromatic N) is 1. The van der Waals surface area contributed by atoms with Crippen molar-refractivity contribution in [2.45, 2.75) is 12.6 Å². The van der Waals surface area contributed by atoms with Gasteiger partial charge in [-0.3, -0.25) is 4.79 Å². The molecule has 6 nitrogen and oxygen atoms in total. The van der Waals surface area contributed by atoms with Gasteiger partial charge in [0.1, 0.15) is 11.6 Å². The summed E-state index contributed by atoms with van der Waals surface area (Å²) in [6.45, 7) is 0.743. The van der Waals surface area contributed by atoms with Gasteiger partial charge in [0.2, 0.25) is 0 Å². The van der Waals surface area contributed by atoms with Gasteiger partial charge in [0.25, 0.3) is 5.91 Å². The van der Waals surface area contributed by atoms with Crippen LogP contribution in [0.1, 0.15) is 17.2 Å². The van der Waals surface area contributed by atoms with Gasteiger partial charge in [-0.05, 0) is 35.4 Å². The lowest BCUT2D eigenvalue weighted by Gasteiger charge is -2.25. The Morgan fingerprint density at radius 3 is 2.48 bits per heavy atom. The highest BCUT2D eigenvalue weighted by atomic mass is 19.1. The van der Waals surface area contributed by atoms with Gasteiger partial charge in [0.05, 0.1) is 31.0 Å². The number of nitrogens with one attached hydrogen (secondary N) is 2. The average Bonchev–Trinajstić information content (AvgIpc) is 2.97. The van der Waals surface area contributed by atoms with E-state index in [4.69, 9.17) is 4.74 Å². The van der Waals surface area contributed by atoms with Gasteiger partial charge in [-0.25, -0.2) is 9.18 Å². The number of ether oxygens (including phenoxy) is 1. The Balaban J connectivity index is 1.58.